The summed E-state index contributed by atoms with van der Waals surface area (Å²) in [5.41, 5.74) is 0.798. The summed E-state index contributed by atoms with van der Waals surface area (Å²) in [5.74, 6) is 0.158. The van der Waals surface area contributed by atoms with E-state index in [4.69, 9.17) is 4.74 Å². The molecule has 0 aromatic heterocycles. The van der Waals surface area contributed by atoms with Gasteiger partial charge < -0.3 is 15.4 Å². The molecule has 0 spiro atoms. The van der Waals surface area contributed by atoms with E-state index in [0.717, 1.165) is 12.0 Å². The Hall–Kier alpha value is -1.76. The van der Waals surface area contributed by atoms with E-state index < -0.39 is 12.8 Å². The molecule has 1 amide bonds. The molecule has 1 atom stereocenters. The number of carbonyl (C=O) groups excluding carboxylic acids is 1. The van der Waals surface area contributed by atoms with Gasteiger partial charge in [0.1, 0.15) is 5.75 Å². The van der Waals surface area contributed by atoms with Crippen LogP contribution in [0.1, 0.15) is 32.3 Å². The molecule has 0 aliphatic heterocycles. The van der Waals surface area contributed by atoms with Crippen LogP contribution < -0.4 is 15.4 Å². The average molecular weight is 332 g/mol. The van der Waals surface area contributed by atoms with Crippen molar-refractivity contribution >= 4 is 5.91 Å². The number of nitrogens with one attached hydrogen (secondary N) is 2. The topological polar surface area (TPSA) is 50.4 Å². The SMILES string of the molecule is CCC(C)NC(=O)CCNCc1cccc(OCC(F)(F)F)c1. The van der Waals surface area contributed by atoms with Crippen molar-refractivity contribution in [3.05, 3.63) is 29.8 Å². The van der Waals surface area contributed by atoms with Gasteiger partial charge in [-0.3, -0.25) is 4.79 Å². The summed E-state index contributed by atoms with van der Waals surface area (Å²) in [7, 11) is 0. The van der Waals surface area contributed by atoms with E-state index in [2.05, 4.69) is 10.6 Å². The third-order valence-corrected chi connectivity index (χ3v) is 3.18. The molecule has 7 heteroatoms. The van der Waals surface area contributed by atoms with Crippen molar-refractivity contribution in [3.8, 4) is 5.75 Å². The Bertz CT molecular complexity index is 492. The van der Waals surface area contributed by atoms with Gasteiger partial charge in [-0.05, 0) is 31.0 Å². The first-order valence-corrected chi connectivity index (χ1v) is 7.58. The molecule has 0 fully saturated rings. The molecule has 0 bridgehead atoms. The third-order valence-electron chi connectivity index (χ3n) is 3.18. The Kier molecular flexibility index (Phi) is 7.88. The van der Waals surface area contributed by atoms with Crippen molar-refractivity contribution in [2.24, 2.45) is 0 Å². The zero-order valence-electron chi connectivity index (χ0n) is 13.4. The lowest BCUT2D eigenvalue weighted by atomic mass is 10.2. The number of carbonyl (C=O) groups is 1. The normalized spacial score (nSPS) is 12.7. The first kappa shape index (κ1) is 19.3. The molecular weight excluding hydrogens is 309 g/mol. The number of hydrogen-bond donors (Lipinski definition) is 2. The molecule has 1 aromatic carbocycles. The Morgan fingerprint density at radius 3 is 2.74 bits per heavy atom. The lowest BCUT2D eigenvalue weighted by Gasteiger charge is -2.12. The van der Waals surface area contributed by atoms with Crippen molar-refractivity contribution < 1.29 is 22.7 Å². The maximum atomic E-state index is 12.1. The monoisotopic (exact) mass is 332 g/mol. The molecule has 1 aromatic rings. The summed E-state index contributed by atoms with van der Waals surface area (Å²) in [4.78, 5) is 11.6. The molecule has 1 unspecified atom stereocenters. The van der Waals surface area contributed by atoms with Crippen LogP contribution in [0.25, 0.3) is 0 Å². The van der Waals surface area contributed by atoms with Gasteiger partial charge in [-0.2, -0.15) is 13.2 Å². The van der Waals surface area contributed by atoms with Crippen molar-refractivity contribution in [2.45, 2.75) is 45.5 Å². The maximum absolute atomic E-state index is 12.1. The van der Waals surface area contributed by atoms with Crippen LogP contribution in [0.15, 0.2) is 24.3 Å². The van der Waals surface area contributed by atoms with Crippen LogP contribution in [0.5, 0.6) is 5.75 Å². The van der Waals surface area contributed by atoms with Gasteiger partial charge in [0, 0.05) is 25.6 Å². The molecule has 0 aliphatic rings. The predicted octanol–water partition coefficient (Wildman–Crippen LogP) is 3.02. The minimum Gasteiger partial charge on any atom is -0.484 e. The molecule has 0 heterocycles. The third kappa shape index (κ3) is 9.07. The lowest BCUT2D eigenvalue weighted by molar-refractivity contribution is -0.153. The zero-order chi connectivity index (χ0) is 17.3. The standard InChI is InChI=1S/C16H23F3N2O2/c1-3-12(2)21-15(22)7-8-20-10-13-5-4-6-14(9-13)23-11-16(17,18)19/h4-6,9,12,20H,3,7-8,10-11H2,1-2H3,(H,21,22). The van der Waals surface area contributed by atoms with Gasteiger partial charge in [0.25, 0.3) is 0 Å². The molecule has 0 saturated heterocycles. The lowest BCUT2D eigenvalue weighted by Crippen LogP contribution is -2.33. The smallest absolute Gasteiger partial charge is 0.422 e. The number of ether oxygens (including phenoxy) is 1. The first-order valence-electron chi connectivity index (χ1n) is 7.58. The number of benzene rings is 1. The summed E-state index contributed by atoms with van der Waals surface area (Å²) in [6.45, 7) is 3.59. The fourth-order valence-corrected chi connectivity index (χ4v) is 1.79. The van der Waals surface area contributed by atoms with Crippen molar-refractivity contribution in [1.82, 2.24) is 10.6 Å². The van der Waals surface area contributed by atoms with Crippen LogP contribution in [0.4, 0.5) is 13.2 Å². The number of rotatable bonds is 9. The Morgan fingerprint density at radius 2 is 2.09 bits per heavy atom. The molecular formula is C16H23F3N2O2. The van der Waals surface area contributed by atoms with Crippen LogP contribution in [0.2, 0.25) is 0 Å². The summed E-state index contributed by atoms with van der Waals surface area (Å²) < 4.78 is 41.0. The van der Waals surface area contributed by atoms with Crippen LogP contribution >= 0.6 is 0 Å². The highest BCUT2D eigenvalue weighted by Crippen LogP contribution is 2.19. The minimum absolute atomic E-state index is 0.0193. The second-order valence-electron chi connectivity index (χ2n) is 5.35. The van der Waals surface area contributed by atoms with Gasteiger partial charge in [0.2, 0.25) is 5.91 Å². The summed E-state index contributed by atoms with van der Waals surface area (Å²) in [6.07, 6.45) is -3.12. The van der Waals surface area contributed by atoms with Gasteiger partial charge in [0.15, 0.2) is 6.61 Å². The molecule has 130 valence electrons. The fourth-order valence-electron chi connectivity index (χ4n) is 1.79. The highest BCUT2D eigenvalue weighted by Gasteiger charge is 2.28. The predicted molar refractivity (Wildman–Crippen MR) is 82.2 cm³/mol. The van der Waals surface area contributed by atoms with Gasteiger partial charge in [-0.1, -0.05) is 19.1 Å². The molecule has 4 nitrogen and oxygen atoms in total. The molecule has 23 heavy (non-hydrogen) atoms. The van der Waals surface area contributed by atoms with Crippen molar-refractivity contribution in [2.75, 3.05) is 13.2 Å². The second-order valence-corrected chi connectivity index (χ2v) is 5.35. The molecule has 0 aliphatic carbocycles. The van der Waals surface area contributed by atoms with Crippen LogP contribution in [-0.2, 0) is 11.3 Å². The van der Waals surface area contributed by atoms with E-state index in [1.807, 2.05) is 13.8 Å². The Morgan fingerprint density at radius 1 is 1.35 bits per heavy atom. The molecule has 2 N–H and O–H groups in total. The largest absolute Gasteiger partial charge is 0.484 e. The van der Waals surface area contributed by atoms with E-state index in [1.54, 1.807) is 18.2 Å². The van der Waals surface area contributed by atoms with Crippen LogP contribution in [-0.4, -0.2) is 31.3 Å². The highest BCUT2D eigenvalue weighted by molar-refractivity contribution is 5.76. The zero-order valence-corrected chi connectivity index (χ0v) is 13.4. The summed E-state index contributed by atoms with van der Waals surface area (Å²) in [6, 6.07) is 6.61. The van der Waals surface area contributed by atoms with E-state index in [9.17, 15) is 18.0 Å². The van der Waals surface area contributed by atoms with Gasteiger partial charge in [-0.25, -0.2) is 0 Å². The molecule has 0 saturated carbocycles. The maximum Gasteiger partial charge on any atom is 0.422 e. The van der Waals surface area contributed by atoms with Gasteiger partial charge >= 0.3 is 6.18 Å². The van der Waals surface area contributed by atoms with Crippen molar-refractivity contribution in [1.29, 1.82) is 0 Å². The van der Waals surface area contributed by atoms with Crippen LogP contribution in [0, 0.1) is 0 Å². The van der Waals surface area contributed by atoms with Crippen molar-refractivity contribution in [3.63, 3.8) is 0 Å². The van der Waals surface area contributed by atoms with E-state index in [0.29, 0.717) is 19.5 Å². The van der Waals surface area contributed by atoms with Gasteiger partial charge in [-0.15, -0.1) is 0 Å². The number of hydrogen-bond acceptors (Lipinski definition) is 3. The molecule has 0 radical (unpaired) electrons. The number of alkyl halides is 3. The number of amides is 1. The van der Waals surface area contributed by atoms with E-state index in [1.165, 1.54) is 6.07 Å². The Balaban J connectivity index is 2.31. The average Bonchev–Trinajstić information content (AvgIpc) is 2.49. The highest BCUT2D eigenvalue weighted by atomic mass is 19.4. The Labute approximate surface area is 134 Å². The summed E-state index contributed by atoms with van der Waals surface area (Å²) >= 11 is 0. The number of halogens is 3. The molecule has 1 rings (SSSR count). The summed E-state index contributed by atoms with van der Waals surface area (Å²) in [5, 5.41) is 5.95. The first-order chi connectivity index (χ1) is 10.8. The fraction of sp³-hybridized carbons (Fsp3) is 0.562. The second kappa shape index (κ2) is 9.39. The van der Waals surface area contributed by atoms with Crippen LogP contribution in [0.3, 0.4) is 0 Å². The van der Waals surface area contributed by atoms with E-state index >= 15 is 0 Å². The quantitative estimate of drug-likeness (QED) is 0.684. The van der Waals surface area contributed by atoms with Gasteiger partial charge in [0.05, 0.1) is 0 Å². The van der Waals surface area contributed by atoms with E-state index in [-0.39, 0.29) is 17.7 Å². The minimum atomic E-state index is -4.35.